The highest BCUT2D eigenvalue weighted by Crippen LogP contribution is 2.31. The highest BCUT2D eigenvalue weighted by Gasteiger charge is 2.23. The third-order valence-corrected chi connectivity index (χ3v) is 7.32. The van der Waals surface area contributed by atoms with Gasteiger partial charge in [0.15, 0.2) is 0 Å². The Balaban J connectivity index is 0.00000258. The van der Waals surface area contributed by atoms with Gasteiger partial charge in [-0.2, -0.15) is 0 Å². The molecule has 6 heteroatoms. The first-order chi connectivity index (χ1) is 16.5. The van der Waals surface area contributed by atoms with Crippen molar-refractivity contribution in [3.63, 3.8) is 0 Å². The first kappa shape index (κ1) is 32.9. The molecule has 2 rings (SSSR count). The first-order valence-corrected chi connectivity index (χ1v) is 14.7. The summed E-state index contributed by atoms with van der Waals surface area (Å²) in [4.78, 5) is 18.1. The van der Waals surface area contributed by atoms with Gasteiger partial charge in [-0.3, -0.25) is 14.1 Å². The van der Waals surface area contributed by atoms with Crippen molar-refractivity contribution >= 4 is 17.9 Å². The van der Waals surface area contributed by atoms with Crippen LogP contribution in [-0.2, 0) is 11.2 Å². The SMILES string of the molecule is CC.CC.CCCCc1ccc(C2CCN(SC(C)CCN(CC)CCCC(N)=O)CC2)nc1. The number of aryl methyl sites for hydroxylation is 1. The average molecular weight is 495 g/mol. The molecule has 1 fully saturated rings. The molecule has 0 spiro atoms. The van der Waals surface area contributed by atoms with E-state index in [0.29, 0.717) is 17.6 Å². The fourth-order valence-electron chi connectivity index (χ4n) is 4.04. The smallest absolute Gasteiger partial charge is 0.217 e. The molecule has 1 aromatic heterocycles. The average Bonchev–Trinajstić information content (AvgIpc) is 2.88. The van der Waals surface area contributed by atoms with Crippen LogP contribution in [0.3, 0.4) is 0 Å². The van der Waals surface area contributed by atoms with Gasteiger partial charge in [-0.1, -0.05) is 72.9 Å². The quantitative estimate of drug-likeness (QED) is 0.293. The summed E-state index contributed by atoms with van der Waals surface area (Å²) < 4.78 is 2.56. The normalized spacial score (nSPS) is 15.2. The number of pyridine rings is 1. The van der Waals surface area contributed by atoms with E-state index in [1.165, 1.54) is 43.4 Å². The Kier molecular flexibility index (Phi) is 20.5. The van der Waals surface area contributed by atoms with Gasteiger partial charge in [0.05, 0.1) is 0 Å². The molecule has 0 radical (unpaired) electrons. The predicted molar refractivity (Wildman–Crippen MR) is 151 cm³/mol. The van der Waals surface area contributed by atoms with E-state index >= 15 is 0 Å². The summed E-state index contributed by atoms with van der Waals surface area (Å²) in [5.74, 6) is 0.416. The van der Waals surface area contributed by atoms with Crippen molar-refractivity contribution in [2.24, 2.45) is 5.73 Å². The number of carbonyl (C=O) groups excluding carboxylic acids is 1. The van der Waals surface area contributed by atoms with Crippen LogP contribution in [0.2, 0.25) is 0 Å². The number of nitrogens with zero attached hydrogens (tertiary/aromatic N) is 3. The Morgan fingerprint density at radius 2 is 1.82 bits per heavy atom. The molecular weight excluding hydrogens is 440 g/mol. The van der Waals surface area contributed by atoms with Crippen LogP contribution in [0, 0.1) is 0 Å². The maximum Gasteiger partial charge on any atom is 0.217 e. The Morgan fingerprint density at radius 1 is 1.15 bits per heavy atom. The maximum atomic E-state index is 10.9. The van der Waals surface area contributed by atoms with Crippen LogP contribution in [0.25, 0.3) is 0 Å². The van der Waals surface area contributed by atoms with E-state index in [9.17, 15) is 4.79 Å². The molecule has 1 aliphatic rings. The summed E-state index contributed by atoms with van der Waals surface area (Å²) in [5.41, 5.74) is 7.90. The number of rotatable bonds is 14. The number of unbranched alkanes of at least 4 members (excludes halogenated alkanes) is 1. The third kappa shape index (κ3) is 14.3. The second-order valence-electron chi connectivity index (χ2n) is 8.61. The van der Waals surface area contributed by atoms with E-state index in [-0.39, 0.29) is 5.91 Å². The van der Waals surface area contributed by atoms with Gasteiger partial charge < -0.3 is 10.6 Å². The molecule has 1 saturated heterocycles. The van der Waals surface area contributed by atoms with Crippen LogP contribution >= 0.6 is 11.9 Å². The number of amides is 1. The molecule has 1 amide bonds. The van der Waals surface area contributed by atoms with Gasteiger partial charge in [0.2, 0.25) is 5.91 Å². The van der Waals surface area contributed by atoms with Crippen molar-refractivity contribution < 1.29 is 4.79 Å². The van der Waals surface area contributed by atoms with E-state index in [2.05, 4.69) is 48.3 Å². The highest BCUT2D eigenvalue weighted by molar-refractivity contribution is 7.97. The molecule has 5 nitrogen and oxygen atoms in total. The molecule has 198 valence electrons. The topological polar surface area (TPSA) is 62.5 Å². The first-order valence-electron chi connectivity index (χ1n) is 13.9. The summed E-state index contributed by atoms with van der Waals surface area (Å²) in [6.07, 6.45) is 10.7. The number of primary amides is 1. The molecule has 1 atom stereocenters. The van der Waals surface area contributed by atoms with E-state index in [4.69, 9.17) is 10.7 Å². The molecule has 2 heterocycles. The van der Waals surface area contributed by atoms with Crippen molar-refractivity contribution in [1.29, 1.82) is 0 Å². The lowest BCUT2D eigenvalue weighted by Crippen LogP contribution is -2.31. The summed E-state index contributed by atoms with van der Waals surface area (Å²) in [6.45, 7) is 20.2. The minimum absolute atomic E-state index is 0.194. The van der Waals surface area contributed by atoms with Crippen molar-refractivity contribution in [3.05, 3.63) is 29.6 Å². The Hall–Kier alpha value is -1.11. The fraction of sp³-hybridized carbons (Fsp3) is 0.786. The third-order valence-electron chi connectivity index (χ3n) is 6.06. The molecule has 0 bridgehead atoms. The predicted octanol–water partition coefficient (Wildman–Crippen LogP) is 6.67. The van der Waals surface area contributed by atoms with Crippen molar-refractivity contribution in [2.45, 2.75) is 111 Å². The summed E-state index contributed by atoms with van der Waals surface area (Å²) >= 11 is 2.02. The van der Waals surface area contributed by atoms with Crippen LogP contribution in [0.15, 0.2) is 18.3 Å². The lowest BCUT2D eigenvalue weighted by Gasteiger charge is -2.33. The van der Waals surface area contributed by atoms with Crippen LogP contribution < -0.4 is 5.73 Å². The van der Waals surface area contributed by atoms with Gasteiger partial charge >= 0.3 is 0 Å². The Labute approximate surface area is 215 Å². The lowest BCUT2D eigenvalue weighted by molar-refractivity contribution is -0.118. The zero-order chi connectivity index (χ0) is 25.8. The number of carbonyl (C=O) groups is 1. The van der Waals surface area contributed by atoms with Gasteiger partial charge in [0, 0.05) is 42.6 Å². The van der Waals surface area contributed by atoms with Crippen LogP contribution in [-0.4, -0.2) is 58.1 Å². The fourth-order valence-corrected chi connectivity index (χ4v) is 5.18. The van der Waals surface area contributed by atoms with Gasteiger partial charge in [-0.25, -0.2) is 0 Å². The number of nitrogens with two attached hydrogens (primary N) is 1. The molecule has 1 aromatic rings. The maximum absolute atomic E-state index is 10.9. The van der Waals surface area contributed by atoms with E-state index in [1.807, 2.05) is 39.6 Å². The van der Waals surface area contributed by atoms with Gasteiger partial charge in [0.1, 0.15) is 0 Å². The Morgan fingerprint density at radius 3 is 2.35 bits per heavy atom. The molecular formula is C28H54N4OS. The van der Waals surface area contributed by atoms with Crippen LogP contribution in [0.1, 0.15) is 111 Å². The van der Waals surface area contributed by atoms with Gasteiger partial charge in [-0.05, 0) is 69.8 Å². The molecule has 0 aliphatic carbocycles. The van der Waals surface area contributed by atoms with E-state index < -0.39 is 0 Å². The van der Waals surface area contributed by atoms with E-state index in [0.717, 1.165) is 45.6 Å². The zero-order valence-electron chi connectivity index (χ0n) is 23.3. The second-order valence-corrected chi connectivity index (χ2v) is 10.1. The van der Waals surface area contributed by atoms with Crippen molar-refractivity contribution in [3.8, 4) is 0 Å². The monoisotopic (exact) mass is 494 g/mol. The standard InChI is InChI=1S/C24H42N4OS.2C2H6/c1-4-6-8-21-10-11-23(26-19-21)22-13-17-28(18-14-22)30-20(3)12-16-27(5-2)15-7-9-24(25)29;2*1-2/h10-11,19-20,22H,4-9,12-18H2,1-3H3,(H2,25,29);2*1-2H3. The van der Waals surface area contributed by atoms with Crippen molar-refractivity contribution in [1.82, 2.24) is 14.2 Å². The summed E-state index contributed by atoms with van der Waals surface area (Å²) in [5, 5.41) is 0.614. The number of piperidine rings is 1. The lowest BCUT2D eigenvalue weighted by atomic mass is 9.93. The molecule has 34 heavy (non-hydrogen) atoms. The largest absolute Gasteiger partial charge is 0.370 e. The van der Waals surface area contributed by atoms with Crippen molar-refractivity contribution in [2.75, 3.05) is 32.7 Å². The molecule has 2 N–H and O–H groups in total. The van der Waals surface area contributed by atoms with E-state index in [1.54, 1.807) is 0 Å². The molecule has 1 unspecified atom stereocenters. The van der Waals surface area contributed by atoms with Gasteiger partial charge in [-0.15, -0.1) is 0 Å². The zero-order valence-corrected chi connectivity index (χ0v) is 24.1. The Bertz CT molecular complexity index is 603. The van der Waals surface area contributed by atoms with Crippen LogP contribution in [0.5, 0.6) is 0 Å². The summed E-state index contributed by atoms with van der Waals surface area (Å²) in [6, 6.07) is 4.54. The number of hydrogen-bond acceptors (Lipinski definition) is 5. The highest BCUT2D eigenvalue weighted by atomic mass is 32.2. The summed E-state index contributed by atoms with van der Waals surface area (Å²) in [7, 11) is 0. The second kappa shape index (κ2) is 21.2. The minimum atomic E-state index is -0.194. The van der Waals surface area contributed by atoms with Gasteiger partial charge in [0.25, 0.3) is 0 Å². The molecule has 1 aliphatic heterocycles. The molecule has 0 aromatic carbocycles. The van der Waals surface area contributed by atoms with Crippen LogP contribution in [0.4, 0.5) is 0 Å². The number of hydrogen-bond donors (Lipinski definition) is 1. The minimum Gasteiger partial charge on any atom is -0.370 e. The molecule has 0 saturated carbocycles. The number of aromatic nitrogens is 1.